The molecule has 1 atom stereocenters. The van der Waals surface area contributed by atoms with Gasteiger partial charge in [0.1, 0.15) is 0 Å². The van der Waals surface area contributed by atoms with Gasteiger partial charge in [-0.25, -0.2) is 0 Å². The van der Waals surface area contributed by atoms with Gasteiger partial charge in [-0.15, -0.1) is 0 Å². The van der Waals surface area contributed by atoms with Crippen molar-refractivity contribution in [1.29, 1.82) is 0 Å². The monoisotopic (exact) mass is 106 g/mol. The summed E-state index contributed by atoms with van der Waals surface area (Å²) < 4.78 is 0. The zero-order chi connectivity index (χ0) is 5.61. The first-order valence-electron chi connectivity index (χ1n) is 3.22. The van der Waals surface area contributed by atoms with E-state index in [1.54, 1.807) is 0 Å². The Balaban J connectivity index is 2.24. The van der Waals surface area contributed by atoms with Crippen molar-refractivity contribution in [3.8, 4) is 0 Å². The Labute approximate surface area is 49.9 Å². The molecule has 0 fully saturated rings. The van der Waals surface area contributed by atoms with E-state index in [4.69, 9.17) is 0 Å². The standard InChI is InChI=1S/C8H10/c1-7-3-2-4-8(7)5-6-8/h2,4-7H,3H2,1H3/t7-/m1/s1. The zero-order valence-electron chi connectivity index (χ0n) is 5.09. The molecule has 0 unspecified atom stereocenters. The first kappa shape index (κ1) is 4.37. The number of allylic oxidation sites excluding steroid dienone is 4. The van der Waals surface area contributed by atoms with Gasteiger partial charge in [0, 0.05) is 5.41 Å². The van der Waals surface area contributed by atoms with Crippen LogP contribution in [0.2, 0.25) is 0 Å². The minimum absolute atomic E-state index is 0.472. The maximum Gasteiger partial charge on any atom is 0.0271 e. The Kier molecular flexibility index (Phi) is 0.585. The molecule has 0 heteroatoms. The van der Waals surface area contributed by atoms with Crippen LogP contribution in [0.3, 0.4) is 0 Å². The van der Waals surface area contributed by atoms with Crippen LogP contribution in [-0.4, -0.2) is 0 Å². The van der Waals surface area contributed by atoms with Crippen LogP contribution in [0, 0.1) is 11.3 Å². The molecule has 0 aliphatic heterocycles. The summed E-state index contributed by atoms with van der Waals surface area (Å²) in [6.07, 6.45) is 10.5. The van der Waals surface area contributed by atoms with Crippen LogP contribution < -0.4 is 0 Å². The van der Waals surface area contributed by atoms with Gasteiger partial charge in [0.15, 0.2) is 0 Å². The van der Waals surface area contributed by atoms with Crippen molar-refractivity contribution < 1.29 is 0 Å². The zero-order valence-corrected chi connectivity index (χ0v) is 5.09. The third-order valence-corrected chi connectivity index (χ3v) is 2.30. The molecule has 0 aromatic rings. The van der Waals surface area contributed by atoms with Crippen molar-refractivity contribution in [2.75, 3.05) is 0 Å². The molecule has 42 valence electrons. The highest BCUT2D eigenvalue weighted by Crippen LogP contribution is 2.49. The Morgan fingerprint density at radius 1 is 1.38 bits per heavy atom. The molecule has 1 spiro atoms. The van der Waals surface area contributed by atoms with Gasteiger partial charge in [-0.05, 0) is 12.3 Å². The molecule has 0 aromatic heterocycles. The van der Waals surface area contributed by atoms with Crippen molar-refractivity contribution in [3.05, 3.63) is 24.3 Å². The average molecular weight is 106 g/mol. The second-order valence-corrected chi connectivity index (χ2v) is 2.87. The van der Waals surface area contributed by atoms with E-state index in [2.05, 4.69) is 31.2 Å². The van der Waals surface area contributed by atoms with Crippen LogP contribution in [-0.2, 0) is 0 Å². The van der Waals surface area contributed by atoms with E-state index in [1.807, 2.05) is 0 Å². The number of rotatable bonds is 0. The summed E-state index contributed by atoms with van der Waals surface area (Å²) in [6.45, 7) is 2.31. The summed E-state index contributed by atoms with van der Waals surface area (Å²) in [7, 11) is 0. The minimum atomic E-state index is 0.472. The van der Waals surface area contributed by atoms with Crippen LogP contribution >= 0.6 is 0 Å². The molecule has 8 heavy (non-hydrogen) atoms. The van der Waals surface area contributed by atoms with Gasteiger partial charge in [0.25, 0.3) is 0 Å². The largest absolute Gasteiger partial charge is 0.0870 e. The first-order chi connectivity index (χ1) is 3.83. The minimum Gasteiger partial charge on any atom is -0.0870 e. The quantitative estimate of drug-likeness (QED) is 0.415. The maximum atomic E-state index is 2.32. The molecule has 0 amide bonds. The summed E-state index contributed by atoms with van der Waals surface area (Å²) in [6, 6.07) is 0. The average Bonchev–Trinajstić information content (AvgIpc) is 2.39. The molecule has 0 bridgehead atoms. The van der Waals surface area contributed by atoms with E-state index < -0.39 is 0 Å². The Morgan fingerprint density at radius 3 is 2.38 bits per heavy atom. The molecule has 0 saturated carbocycles. The normalized spacial score (nSPS) is 36.9. The third kappa shape index (κ3) is 0.360. The highest BCUT2D eigenvalue weighted by Gasteiger charge is 2.39. The molecule has 0 saturated heterocycles. The van der Waals surface area contributed by atoms with E-state index in [0.717, 1.165) is 5.92 Å². The van der Waals surface area contributed by atoms with Gasteiger partial charge >= 0.3 is 0 Å². The lowest BCUT2D eigenvalue weighted by atomic mass is 9.92. The topological polar surface area (TPSA) is 0 Å². The summed E-state index contributed by atoms with van der Waals surface area (Å²) in [5.74, 6) is 0.850. The smallest absolute Gasteiger partial charge is 0.0271 e. The number of hydrogen-bond donors (Lipinski definition) is 0. The fourth-order valence-corrected chi connectivity index (χ4v) is 1.38. The predicted octanol–water partition coefficient (Wildman–Crippen LogP) is 2.14. The molecule has 0 nitrogen and oxygen atoms in total. The lowest BCUT2D eigenvalue weighted by Gasteiger charge is -2.10. The van der Waals surface area contributed by atoms with E-state index >= 15 is 0 Å². The molecule has 0 aromatic carbocycles. The van der Waals surface area contributed by atoms with E-state index in [0.29, 0.717) is 5.41 Å². The molecule has 0 N–H and O–H groups in total. The van der Waals surface area contributed by atoms with Crippen LogP contribution in [0.25, 0.3) is 0 Å². The Bertz CT molecular complexity index is 157. The van der Waals surface area contributed by atoms with Crippen molar-refractivity contribution >= 4 is 0 Å². The molecule has 2 aliphatic carbocycles. The van der Waals surface area contributed by atoms with Crippen molar-refractivity contribution in [2.45, 2.75) is 13.3 Å². The number of hydrogen-bond acceptors (Lipinski definition) is 0. The molecule has 2 rings (SSSR count). The van der Waals surface area contributed by atoms with Gasteiger partial charge in [-0.3, -0.25) is 0 Å². The van der Waals surface area contributed by atoms with Crippen molar-refractivity contribution in [1.82, 2.24) is 0 Å². The fourth-order valence-electron chi connectivity index (χ4n) is 1.38. The summed E-state index contributed by atoms with van der Waals surface area (Å²) >= 11 is 0. The van der Waals surface area contributed by atoms with E-state index in [-0.39, 0.29) is 0 Å². The highest BCUT2D eigenvalue weighted by molar-refractivity contribution is 5.38. The molecule has 2 aliphatic rings. The highest BCUT2D eigenvalue weighted by atomic mass is 14.4. The molecule has 0 heterocycles. The Morgan fingerprint density at radius 2 is 2.12 bits per heavy atom. The predicted molar refractivity (Wildman–Crippen MR) is 34.5 cm³/mol. The second-order valence-electron chi connectivity index (χ2n) is 2.87. The van der Waals surface area contributed by atoms with Crippen LogP contribution in [0.15, 0.2) is 24.3 Å². The Hall–Kier alpha value is -0.520. The molecular weight excluding hydrogens is 96.1 g/mol. The lowest BCUT2D eigenvalue weighted by Crippen LogP contribution is -2.04. The summed E-state index contributed by atoms with van der Waals surface area (Å²) in [4.78, 5) is 0. The van der Waals surface area contributed by atoms with Gasteiger partial charge < -0.3 is 0 Å². The summed E-state index contributed by atoms with van der Waals surface area (Å²) in [5, 5.41) is 0. The van der Waals surface area contributed by atoms with Gasteiger partial charge in [-0.2, -0.15) is 0 Å². The van der Waals surface area contributed by atoms with Crippen LogP contribution in [0.1, 0.15) is 13.3 Å². The second kappa shape index (κ2) is 1.07. The van der Waals surface area contributed by atoms with Crippen LogP contribution in [0.4, 0.5) is 0 Å². The van der Waals surface area contributed by atoms with Gasteiger partial charge in [-0.1, -0.05) is 31.2 Å². The molecule has 0 radical (unpaired) electrons. The fraction of sp³-hybridized carbons (Fsp3) is 0.500. The lowest BCUT2D eigenvalue weighted by molar-refractivity contribution is 0.486. The third-order valence-electron chi connectivity index (χ3n) is 2.30. The summed E-state index contributed by atoms with van der Waals surface area (Å²) in [5.41, 5.74) is 0.472. The van der Waals surface area contributed by atoms with Gasteiger partial charge in [0.2, 0.25) is 0 Å². The maximum absolute atomic E-state index is 2.32. The van der Waals surface area contributed by atoms with Crippen molar-refractivity contribution in [2.24, 2.45) is 11.3 Å². The van der Waals surface area contributed by atoms with Crippen LogP contribution in [0.5, 0.6) is 0 Å². The first-order valence-corrected chi connectivity index (χ1v) is 3.22. The van der Waals surface area contributed by atoms with Gasteiger partial charge in [0.05, 0.1) is 0 Å². The van der Waals surface area contributed by atoms with Crippen molar-refractivity contribution in [3.63, 3.8) is 0 Å². The molecular formula is C8H10. The van der Waals surface area contributed by atoms with E-state index in [1.165, 1.54) is 6.42 Å². The SMILES string of the molecule is C[C@@H]1CC=CC12C=C2. The van der Waals surface area contributed by atoms with E-state index in [9.17, 15) is 0 Å².